The van der Waals surface area contributed by atoms with E-state index in [0.29, 0.717) is 11.6 Å². The lowest BCUT2D eigenvalue weighted by Gasteiger charge is -2.35. The first-order valence-electron chi connectivity index (χ1n) is 6.96. The molecule has 1 saturated heterocycles. The average molecular weight is 278 g/mol. The van der Waals surface area contributed by atoms with E-state index < -0.39 is 5.97 Å². The van der Waals surface area contributed by atoms with Crippen LogP contribution in [0.25, 0.3) is 0 Å². The van der Waals surface area contributed by atoms with Gasteiger partial charge in [-0.2, -0.15) is 0 Å². The van der Waals surface area contributed by atoms with Crippen molar-refractivity contribution in [3.8, 4) is 0 Å². The second-order valence-corrected chi connectivity index (χ2v) is 5.59. The van der Waals surface area contributed by atoms with Crippen LogP contribution in [0.4, 0.5) is 11.4 Å². The SMILES string of the molecule is Cc1cc(N2CCC(C(C)O)CC2)cc(C(=O)O)c1N. The van der Waals surface area contributed by atoms with E-state index in [1.54, 1.807) is 6.07 Å². The van der Waals surface area contributed by atoms with Crippen molar-refractivity contribution in [2.75, 3.05) is 23.7 Å². The molecule has 2 rings (SSSR count). The lowest BCUT2D eigenvalue weighted by Crippen LogP contribution is -2.37. The molecule has 1 unspecified atom stereocenters. The summed E-state index contributed by atoms with van der Waals surface area (Å²) in [6.45, 7) is 5.32. The van der Waals surface area contributed by atoms with Crippen LogP contribution in [0.15, 0.2) is 12.1 Å². The Hall–Kier alpha value is -1.75. The molecular weight excluding hydrogens is 256 g/mol. The fraction of sp³-hybridized carbons (Fsp3) is 0.533. The van der Waals surface area contributed by atoms with Crippen molar-refractivity contribution >= 4 is 17.3 Å². The third kappa shape index (κ3) is 2.88. The molecule has 5 heteroatoms. The van der Waals surface area contributed by atoms with Gasteiger partial charge in [0.15, 0.2) is 0 Å². The number of carboxylic acid groups (broad SMARTS) is 1. The number of hydrogen-bond donors (Lipinski definition) is 3. The van der Waals surface area contributed by atoms with E-state index in [4.69, 9.17) is 5.73 Å². The summed E-state index contributed by atoms with van der Waals surface area (Å²) in [6.07, 6.45) is 1.56. The van der Waals surface area contributed by atoms with Crippen LogP contribution in [0.5, 0.6) is 0 Å². The van der Waals surface area contributed by atoms with Crippen molar-refractivity contribution in [2.45, 2.75) is 32.8 Å². The zero-order valence-electron chi connectivity index (χ0n) is 12.0. The second-order valence-electron chi connectivity index (χ2n) is 5.59. The average Bonchev–Trinajstić information content (AvgIpc) is 2.41. The van der Waals surface area contributed by atoms with E-state index in [1.165, 1.54) is 0 Å². The maximum Gasteiger partial charge on any atom is 0.337 e. The first-order chi connectivity index (χ1) is 9.40. The van der Waals surface area contributed by atoms with Gasteiger partial charge in [-0.1, -0.05) is 0 Å². The van der Waals surface area contributed by atoms with E-state index in [2.05, 4.69) is 4.90 Å². The number of anilines is 2. The number of aryl methyl sites for hydroxylation is 1. The summed E-state index contributed by atoms with van der Waals surface area (Å²) < 4.78 is 0. The Kier molecular flexibility index (Phi) is 4.18. The van der Waals surface area contributed by atoms with Crippen molar-refractivity contribution in [3.63, 3.8) is 0 Å². The standard InChI is InChI=1S/C15H22N2O3/c1-9-7-12(8-13(14(9)16)15(19)20)17-5-3-11(4-6-17)10(2)18/h7-8,10-11,18H,3-6,16H2,1-2H3,(H,19,20). The van der Waals surface area contributed by atoms with Gasteiger partial charge in [0.1, 0.15) is 0 Å². The molecule has 0 saturated carbocycles. The van der Waals surface area contributed by atoms with Gasteiger partial charge in [0.2, 0.25) is 0 Å². The van der Waals surface area contributed by atoms with Crippen molar-refractivity contribution in [1.82, 2.24) is 0 Å². The Balaban J connectivity index is 2.20. The molecule has 0 amide bonds. The zero-order valence-corrected chi connectivity index (χ0v) is 12.0. The van der Waals surface area contributed by atoms with Crippen molar-refractivity contribution < 1.29 is 15.0 Å². The van der Waals surface area contributed by atoms with Gasteiger partial charge in [-0.25, -0.2) is 4.79 Å². The van der Waals surface area contributed by atoms with Crippen LogP contribution in [-0.2, 0) is 0 Å². The lowest BCUT2D eigenvalue weighted by atomic mass is 9.91. The van der Waals surface area contributed by atoms with Gasteiger partial charge in [0.05, 0.1) is 11.7 Å². The van der Waals surface area contributed by atoms with Gasteiger partial charge in [0, 0.05) is 24.5 Å². The van der Waals surface area contributed by atoms with Crippen LogP contribution in [-0.4, -0.2) is 35.4 Å². The van der Waals surface area contributed by atoms with Crippen LogP contribution in [0.1, 0.15) is 35.7 Å². The number of nitrogens with zero attached hydrogens (tertiary/aromatic N) is 1. The minimum atomic E-state index is -0.994. The first kappa shape index (κ1) is 14.7. The number of nitrogens with two attached hydrogens (primary N) is 1. The Labute approximate surface area is 119 Å². The summed E-state index contributed by atoms with van der Waals surface area (Å²) >= 11 is 0. The minimum absolute atomic E-state index is 0.164. The Bertz CT molecular complexity index is 506. The number of aliphatic hydroxyl groups is 1. The number of hydrogen-bond acceptors (Lipinski definition) is 4. The molecule has 4 N–H and O–H groups in total. The predicted molar refractivity (Wildman–Crippen MR) is 79.2 cm³/mol. The molecule has 1 aromatic rings. The molecule has 1 aromatic carbocycles. The van der Waals surface area contributed by atoms with Gasteiger partial charge >= 0.3 is 5.97 Å². The molecule has 0 bridgehead atoms. The Morgan fingerprint density at radius 2 is 2.00 bits per heavy atom. The highest BCUT2D eigenvalue weighted by Gasteiger charge is 2.24. The van der Waals surface area contributed by atoms with E-state index in [0.717, 1.165) is 37.2 Å². The molecular formula is C15H22N2O3. The predicted octanol–water partition coefficient (Wildman–Crippen LogP) is 1.87. The minimum Gasteiger partial charge on any atom is -0.478 e. The van der Waals surface area contributed by atoms with Crippen LogP contribution in [0, 0.1) is 12.8 Å². The second kappa shape index (κ2) is 5.71. The fourth-order valence-electron chi connectivity index (χ4n) is 2.78. The van der Waals surface area contributed by atoms with Gasteiger partial charge in [-0.3, -0.25) is 0 Å². The first-order valence-corrected chi connectivity index (χ1v) is 6.96. The number of aromatic carboxylic acids is 1. The smallest absolute Gasteiger partial charge is 0.337 e. The largest absolute Gasteiger partial charge is 0.478 e. The van der Waals surface area contributed by atoms with Crippen molar-refractivity contribution in [1.29, 1.82) is 0 Å². The highest BCUT2D eigenvalue weighted by Crippen LogP contribution is 2.29. The number of rotatable bonds is 3. The molecule has 110 valence electrons. The van der Waals surface area contributed by atoms with E-state index in [-0.39, 0.29) is 11.7 Å². The molecule has 1 fully saturated rings. The summed E-state index contributed by atoms with van der Waals surface area (Å²) in [5, 5.41) is 18.8. The molecule has 1 aliphatic heterocycles. The molecule has 5 nitrogen and oxygen atoms in total. The Morgan fingerprint density at radius 3 is 2.50 bits per heavy atom. The zero-order chi connectivity index (χ0) is 14.9. The van der Waals surface area contributed by atoms with Crippen LogP contribution in [0.3, 0.4) is 0 Å². The normalized spacial score (nSPS) is 18.1. The lowest BCUT2D eigenvalue weighted by molar-refractivity contribution is 0.0698. The summed E-state index contributed by atoms with van der Waals surface area (Å²) in [5.74, 6) is -0.661. The van der Waals surface area contributed by atoms with Crippen molar-refractivity contribution in [3.05, 3.63) is 23.3 Å². The number of nitrogen functional groups attached to an aromatic ring is 1. The van der Waals surface area contributed by atoms with E-state index >= 15 is 0 Å². The van der Waals surface area contributed by atoms with Gasteiger partial charge < -0.3 is 20.8 Å². The molecule has 0 radical (unpaired) electrons. The monoisotopic (exact) mass is 278 g/mol. The fourth-order valence-corrected chi connectivity index (χ4v) is 2.78. The third-order valence-corrected chi connectivity index (χ3v) is 4.19. The quantitative estimate of drug-likeness (QED) is 0.735. The summed E-state index contributed by atoms with van der Waals surface area (Å²) in [5.41, 5.74) is 8.00. The number of carboxylic acids is 1. The van der Waals surface area contributed by atoms with Crippen LogP contribution < -0.4 is 10.6 Å². The molecule has 1 atom stereocenters. The van der Waals surface area contributed by atoms with E-state index in [9.17, 15) is 15.0 Å². The number of aliphatic hydroxyl groups excluding tert-OH is 1. The summed E-state index contributed by atoms with van der Waals surface area (Å²) in [7, 11) is 0. The molecule has 0 spiro atoms. The van der Waals surface area contributed by atoms with E-state index in [1.807, 2.05) is 19.9 Å². The Morgan fingerprint density at radius 1 is 1.40 bits per heavy atom. The maximum atomic E-state index is 11.2. The number of piperidine rings is 1. The highest BCUT2D eigenvalue weighted by atomic mass is 16.4. The third-order valence-electron chi connectivity index (χ3n) is 4.19. The molecule has 20 heavy (non-hydrogen) atoms. The molecule has 1 heterocycles. The van der Waals surface area contributed by atoms with Crippen LogP contribution in [0.2, 0.25) is 0 Å². The van der Waals surface area contributed by atoms with Crippen LogP contribution >= 0.6 is 0 Å². The summed E-state index contributed by atoms with van der Waals surface area (Å²) in [6, 6.07) is 3.58. The molecule has 0 aliphatic carbocycles. The maximum absolute atomic E-state index is 11.2. The molecule has 0 aromatic heterocycles. The summed E-state index contributed by atoms with van der Waals surface area (Å²) in [4.78, 5) is 13.4. The van der Waals surface area contributed by atoms with Gasteiger partial charge in [0.25, 0.3) is 0 Å². The highest BCUT2D eigenvalue weighted by molar-refractivity contribution is 5.95. The molecule has 1 aliphatic rings. The van der Waals surface area contributed by atoms with Crippen molar-refractivity contribution in [2.24, 2.45) is 5.92 Å². The van der Waals surface area contributed by atoms with Gasteiger partial charge in [-0.05, 0) is 50.3 Å². The van der Waals surface area contributed by atoms with Gasteiger partial charge in [-0.15, -0.1) is 0 Å². The number of carbonyl (C=O) groups is 1. The number of benzene rings is 1. The topological polar surface area (TPSA) is 86.8 Å².